The third-order valence-electron chi connectivity index (χ3n) is 3.75. The Kier molecular flexibility index (Phi) is 1.52. The smallest absolute Gasteiger partial charge is 0.0357 e. The second-order valence-corrected chi connectivity index (χ2v) is 4.32. The molecule has 2 N–H and O–H groups in total. The molecule has 0 spiro atoms. The van der Waals surface area contributed by atoms with Crippen LogP contribution in [-0.2, 0) is 0 Å². The van der Waals surface area contributed by atoms with E-state index in [1.807, 2.05) is 0 Å². The summed E-state index contributed by atoms with van der Waals surface area (Å²) in [6.45, 7) is 3.52. The molecule has 1 saturated carbocycles. The topological polar surface area (TPSA) is 29.3 Å². The Morgan fingerprint density at radius 1 is 1.36 bits per heavy atom. The van der Waals surface area contributed by atoms with Crippen molar-refractivity contribution in [2.24, 2.45) is 11.7 Å². The van der Waals surface area contributed by atoms with E-state index in [1.54, 1.807) is 0 Å². The molecule has 2 unspecified atom stereocenters. The van der Waals surface area contributed by atoms with Gasteiger partial charge in [0.05, 0.1) is 0 Å². The van der Waals surface area contributed by atoms with Crippen molar-refractivity contribution in [2.75, 3.05) is 13.6 Å². The predicted molar refractivity (Wildman–Crippen MR) is 46.4 cm³/mol. The fourth-order valence-electron chi connectivity index (χ4n) is 2.43. The molecule has 11 heavy (non-hydrogen) atoms. The Morgan fingerprint density at radius 2 is 2.00 bits per heavy atom. The zero-order valence-corrected chi connectivity index (χ0v) is 7.51. The van der Waals surface area contributed by atoms with E-state index in [0.717, 1.165) is 5.92 Å². The van der Waals surface area contributed by atoms with Crippen LogP contribution in [-0.4, -0.2) is 30.1 Å². The van der Waals surface area contributed by atoms with E-state index in [4.69, 9.17) is 5.73 Å². The van der Waals surface area contributed by atoms with Crippen molar-refractivity contribution in [3.8, 4) is 0 Å². The van der Waals surface area contributed by atoms with Crippen LogP contribution < -0.4 is 5.73 Å². The first-order chi connectivity index (χ1) is 5.15. The Balaban J connectivity index is 2.18. The van der Waals surface area contributed by atoms with Gasteiger partial charge >= 0.3 is 0 Å². The molecule has 0 aromatic heterocycles. The number of likely N-dealkylation sites (tertiary alicyclic amines) is 1. The maximum atomic E-state index is 6.10. The van der Waals surface area contributed by atoms with Crippen molar-refractivity contribution in [1.29, 1.82) is 0 Å². The number of rotatable bonds is 1. The molecule has 2 aliphatic rings. The van der Waals surface area contributed by atoms with Crippen molar-refractivity contribution < 1.29 is 0 Å². The number of hydrogen-bond donors (Lipinski definition) is 1. The first kappa shape index (κ1) is 7.56. The third-order valence-corrected chi connectivity index (χ3v) is 3.75. The fourth-order valence-corrected chi connectivity index (χ4v) is 2.43. The molecular weight excluding hydrogens is 136 g/mol. The molecule has 2 rings (SSSR count). The lowest BCUT2D eigenvalue weighted by Gasteiger charge is -2.36. The SMILES string of the molecule is CN1CCC(N)C1(C)C1CC1. The van der Waals surface area contributed by atoms with E-state index in [2.05, 4.69) is 18.9 Å². The molecule has 0 aromatic rings. The second kappa shape index (κ2) is 2.20. The van der Waals surface area contributed by atoms with Gasteiger partial charge in [0.1, 0.15) is 0 Å². The van der Waals surface area contributed by atoms with Gasteiger partial charge in [-0.1, -0.05) is 0 Å². The number of nitrogens with two attached hydrogens (primary N) is 1. The zero-order valence-electron chi connectivity index (χ0n) is 7.51. The summed E-state index contributed by atoms with van der Waals surface area (Å²) >= 11 is 0. The molecule has 0 aromatic carbocycles. The molecule has 0 radical (unpaired) electrons. The molecule has 2 atom stereocenters. The minimum absolute atomic E-state index is 0.333. The average molecular weight is 154 g/mol. The lowest BCUT2D eigenvalue weighted by molar-refractivity contribution is 0.151. The largest absolute Gasteiger partial charge is 0.326 e. The second-order valence-electron chi connectivity index (χ2n) is 4.32. The Bertz CT molecular complexity index is 153. The summed E-state index contributed by atoms with van der Waals surface area (Å²) in [4.78, 5) is 2.45. The number of nitrogens with zero attached hydrogens (tertiary/aromatic N) is 1. The summed E-state index contributed by atoms with van der Waals surface area (Å²) in [7, 11) is 2.21. The number of likely N-dealkylation sites (N-methyl/N-ethyl adjacent to an activating group) is 1. The van der Waals surface area contributed by atoms with E-state index in [0.29, 0.717) is 11.6 Å². The molecule has 2 fully saturated rings. The summed E-state index contributed by atoms with van der Waals surface area (Å²) in [5, 5.41) is 0. The molecule has 1 aliphatic heterocycles. The van der Waals surface area contributed by atoms with Crippen molar-refractivity contribution in [3.63, 3.8) is 0 Å². The standard InChI is InChI=1S/C9H18N2/c1-9(7-3-4-7)8(10)5-6-11(9)2/h7-8H,3-6,10H2,1-2H3. The van der Waals surface area contributed by atoms with Crippen LogP contribution in [0.25, 0.3) is 0 Å². The number of hydrogen-bond acceptors (Lipinski definition) is 2. The predicted octanol–water partition coefficient (Wildman–Crippen LogP) is 0.818. The molecule has 1 saturated heterocycles. The van der Waals surface area contributed by atoms with Crippen LogP contribution in [0.5, 0.6) is 0 Å². The van der Waals surface area contributed by atoms with Gasteiger partial charge in [0.2, 0.25) is 0 Å². The van der Waals surface area contributed by atoms with Crippen molar-refractivity contribution in [3.05, 3.63) is 0 Å². The average Bonchev–Trinajstić information content (AvgIpc) is 2.76. The van der Waals surface area contributed by atoms with Crippen LogP contribution in [0.2, 0.25) is 0 Å². The van der Waals surface area contributed by atoms with Crippen LogP contribution in [0.3, 0.4) is 0 Å². The molecular formula is C9H18N2. The lowest BCUT2D eigenvalue weighted by Crippen LogP contribution is -2.51. The van der Waals surface area contributed by atoms with Gasteiger partial charge in [0.15, 0.2) is 0 Å². The molecule has 0 bridgehead atoms. The van der Waals surface area contributed by atoms with E-state index < -0.39 is 0 Å². The van der Waals surface area contributed by atoms with E-state index in [1.165, 1.54) is 25.8 Å². The van der Waals surface area contributed by atoms with Gasteiger partial charge in [-0.25, -0.2) is 0 Å². The minimum Gasteiger partial charge on any atom is -0.326 e. The summed E-state index contributed by atoms with van der Waals surface area (Å²) in [5.41, 5.74) is 6.44. The molecule has 1 aliphatic carbocycles. The Morgan fingerprint density at radius 3 is 2.36 bits per heavy atom. The van der Waals surface area contributed by atoms with Crippen molar-refractivity contribution in [2.45, 2.75) is 37.8 Å². The van der Waals surface area contributed by atoms with Gasteiger partial charge in [-0.05, 0) is 45.7 Å². The maximum absolute atomic E-state index is 6.10. The van der Waals surface area contributed by atoms with Crippen LogP contribution in [0.1, 0.15) is 26.2 Å². The highest BCUT2D eigenvalue weighted by molar-refractivity contribution is 5.08. The monoisotopic (exact) mass is 154 g/mol. The highest BCUT2D eigenvalue weighted by Gasteiger charge is 2.51. The molecule has 0 amide bonds. The van der Waals surface area contributed by atoms with Gasteiger partial charge in [-0.2, -0.15) is 0 Å². The zero-order chi connectivity index (χ0) is 8.06. The molecule has 1 heterocycles. The van der Waals surface area contributed by atoms with Gasteiger partial charge in [-0.15, -0.1) is 0 Å². The van der Waals surface area contributed by atoms with Crippen LogP contribution in [0, 0.1) is 5.92 Å². The molecule has 64 valence electrons. The quantitative estimate of drug-likeness (QED) is 0.606. The van der Waals surface area contributed by atoms with Gasteiger partial charge in [0.25, 0.3) is 0 Å². The maximum Gasteiger partial charge on any atom is 0.0357 e. The highest BCUT2D eigenvalue weighted by atomic mass is 15.2. The Hall–Kier alpha value is -0.0800. The molecule has 2 nitrogen and oxygen atoms in total. The molecule has 2 heteroatoms. The van der Waals surface area contributed by atoms with Crippen molar-refractivity contribution in [1.82, 2.24) is 4.90 Å². The normalized spacial score (nSPS) is 46.6. The van der Waals surface area contributed by atoms with E-state index in [-0.39, 0.29) is 0 Å². The Labute approximate surface area is 68.7 Å². The summed E-state index contributed by atoms with van der Waals surface area (Å²) in [6, 6.07) is 0.417. The fraction of sp³-hybridized carbons (Fsp3) is 1.00. The van der Waals surface area contributed by atoms with Gasteiger partial charge in [-0.3, -0.25) is 4.90 Å². The van der Waals surface area contributed by atoms with E-state index in [9.17, 15) is 0 Å². The summed E-state index contributed by atoms with van der Waals surface area (Å²) in [5.74, 6) is 0.894. The first-order valence-corrected chi connectivity index (χ1v) is 4.62. The van der Waals surface area contributed by atoms with Crippen molar-refractivity contribution >= 4 is 0 Å². The highest BCUT2D eigenvalue weighted by Crippen LogP contribution is 2.46. The first-order valence-electron chi connectivity index (χ1n) is 4.62. The summed E-state index contributed by atoms with van der Waals surface area (Å²) < 4.78 is 0. The van der Waals surface area contributed by atoms with Crippen LogP contribution in [0.4, 0.5) is 0 Å². The minimum atomic E-state index is 0.333. The van der Waals surface area contributed by atoms with Gasteiger partial charge in [0, 0.05) is 11.6 Å². The van der Waals surface area contributed by atoms with E-state index >= 15 is 0 Å². The third kappa shape index (κ3) is 0.926. The summed E-state index contributed by atoms with van der Waals surface area (Å²) in [6.07, 6.45) is 3.98. The van der Waals surface area contributed by atoms with Gasteiger partial charge < -0.3 is 5.73 Å². The van der Waals surface area contributed by atoms with Crippen LogP contribution in [0.15, 0.2) is 0 Å². The lowest BCUT2D eigenvalue weighted by atomic mass is 9.89. The van der Waals surface area contributed by atoms with Crippen LogP contribution >= 0.6 is 0 Å².